The summed E-state index contributed by atoms with van der Waals surface area (Å²) in [5.41, 5.74) is 2.92. The SMILES string of the molecule is CC(C)(O)c1ccc(-c2cc(Cl)c3ccc(C(=O)N4CCN(C(=O)c5cn(C6CC6)nn5)CC4)cc3n2)cc1. The minimum absolute atomic E-state index is 0.110. The van der Waals surface area contributed by atoms with Crippen LogP contribution in [0.5, 0.6) is 0 Å². The maximum Gasteiger partial charge on any atom is 0.276 e. The summed E-state index contributed by atoms with van der Waals surface area (Å²) in [7, 11) is 0. The van der Waals surface area contributed by atoms with Gasteiger partial charge in [0.25, 0.3) is 11.8 Å². The van der Waals surface area contributed by atoms with Gasteiger partial charge in [-0.15, -0.1) is 5.10 Å². The molecule has 39 heavy (non-hydrogen) atoms. The van der Waals surface area contributed by atoms with Crippen LogP contribution in [0.3, 0.4) is 0 Å². The molecule has 2 aromatic heterocycles. The molecule has 6 rings (SSSR count). The van der Waals surface area contributed by atoms with Gasteiger partial charge in [-0.1, -0.05) is 47.1 Å². The van der Waals surface area contributed by atoms with E-state index in [1.807, 2.05) is 36.4 Å². The van der Waals surface area contributed by atoms with Crippen molar-refractivity contribution in [2.24, 2.45) is 0 Å². The van der Waals surface area contributed by atoms with E-state index in [-0.39, 0.29) is 11.8 Å². The number of amides is 2. The Balaban J connectivity index is 1.17. The number of hydrogen-bond donors (Lipinski definition) is 1. The molecule has 3 heterocycles. The number of carbonyl (C=O) groups is 2. The zero-order valence-electron chi connectivity index (χ0n) is 21.8. The summed E-state index contributed by atoms with van der Waals surface area (Å²) in [6.45, 7) is 5.21. The molecule has 2 aromatic carbocycles. The lowest BCUT2D eigenvalue weighted by molar-refractivity contribution is 0.0532. The molecule has 0 atom stereocenters. The van der Waals surface area contributed by atoms with Crippen LogP contribution in [-0.2, 0) is 5.60 Å². The Labute approximate surface area is 231 Å². The Kier molecular flexibility index (Phi) is 6.35. The molecule has 10 heteroatoms. The summed E-state index contributed by atoms with van der Waals surface area (Å²) in [5.74, 6) is -0.261. The highest BCUT2D eigenvalue weighted by Gasteiger charge is 2.30. The Morgan fingerprint density at radius 3 is 2.26 bits per heavy atom. The van der Waals surface area contributed by atoms with Gasteiger partial charge in [-0.3, -0.25) is 9.59 Å². The summed E-state index contributed by atoms with van der Waals surface area (Å²) in [6.07, 6.45) is 3.87. The monoisotopic (exact) mass is 544 g/mol. The van der Waals surface area contributed by atoms with Crippen molar-refractivity contribution in [3.05, 3.63) is 76.6 Å². The van der Waals surface area contributed by atoms with Gasteiger partial charge in [-0.05, 0) is 50.5 Å². The highest BCUT2D eigenvalue weighted by molar-refractivity contribution is 6.35. The number of benzene rings is 2. The molecule has 1 saturated carbocycles. The highest BCUT2D eigenvalue weighted by atomic mass is 35.5. The van der Waals surface area contributed by atoms with Gasteiger partial charge in [0.2, 0.25) is 0 Å². The van der Waals surface area contributed by atoms with Crippen LogP contribution in [0.4, 0.5) is 0 Å². The molecular formula is C29H29ClN6O3. The first kappa shape index (κ1) is 25.5. The number of aliphatic hydroxyl groups is 1. The van der Waals surface area contributed by atoms with Gasteiger partial charge in [0.15, 0.2) is 5.69 Å². The molecule has 0 unspecified atom stereocenters. The number of nitrogens with zero attached hydrogens (tertiary/aromatic N) is 6. The van der Waals surface area contributed by atoms with Gasteiger partial charge in [0, 0.05) is 42.7 Å². The molecule has 1 aliphatic heterocycles. The lowest BCUT2D eigenvalue weighted by Crippen LogP contribution is -2.50. The third-order valence-electron chi connectivity index (χ3n) is 7.40. The van der Waals surface area contributed by atoms with Crippen LogP contribution in [0.2, 0.25) is 5.02 Å². The third kappa shape index (κ3) is 5.12. The lowest BCUT2D eigenvalue weighted by Gasteiger charge is -2.34. The van der Waals surface area contributed by atoms with Crippen molar-refractivity contribution in [2.45, 2.75) is 38.3 Å². The van der Waals surface area contributed by atoms with E-state index in [0.29, 0.717) is 59.7 Å². The lowest BCUT2D eigenvalue weighted by atomic mass is 9.96. The first-order valence-electron chi connectivity index (χ1n) is 13.1. The minimum atomic E-state index is -0.933. The van der Waals surface area contributed by atoms with Crippen LogP contribution in [-0.4, -0.2) is 72.9 Å². The average Bonchev–Trinajstić information content (AvgIpc) is 3.67. The Morgan fingerprint density at radius 1 is 0.949 bits per heavy atom. The standard InChI is InChI=1S/C29H29ClN6O3/c1-29(2,39)20-6-3-18(4-7-20)24-16-23(30)22-10-5-19(15-25(22)31-24)27(37)34-11-13-35(14-12-34)28(38)26-17-36(33-32-26)21-8-9-21/h3-7,10,15-17,21,39H,8-9,11-14H2,1-2H3. The summed E-state index contributed by atoms with van der Waals surface area (Å²) >= 11 is 6.59. The second-order valence-electron chi connectivity index (χ2n) is 10.8. The molecule has 2 aliphatic rings. The number of piperazine rings is 1. The first-order chi connectivity index (χ1) is 18.7. The molecular weight excluding hydrogens is 516 g/mol. The molecule has 0 bridgehead atoms. The Bertz CT molecular complexity index is 1560. The topological polar surface area (TPSA) is 104 Å². The van der Waals surface area contributed by atoms with E-state index < -0.39 is 5.60 Å². The fraction of sp³-hybridized carbons (Fsp3) is 0.345. The van der Waals surface area contributed by atoms with E-state index in [1.54, 1.807) is 46.7 Å². The predicted octanol–water partition coefficient (Wildman–Crippen LogP) is 4.31. The van der Waals surface area contributed by atoms with Crippen LogP contribution < -0.4 is 0 Å². The van der Waals surface area contributed by atoms with Crippen molar-refractivity contribution < 1.29 is 14.7 Å². The van der Waals surface area contributed by atoms with Gasteiger partial charge >= 0.3 is 0 Å². The van der Waals surface area contributed by atoms with E-state index in [2.05, 4.69) is 10.3 Å². The quantitative estimate of drug-likeness (QED) is 0.401. The number of rotatable bonds is 5. The summed E-state index contributed by atoms with van der Waals surface area (Å²) < 4.78 is 1.77. The molecule has 1 saturated heterocycles. The minimum Gasteiger partial charge on any atom is -0.386 e. The van der Waals surface area contributed by atoms with Crippen molar-refractivity contribution >= 4 is 34.3 Å². The van der Waals surface area contributed by atoms with Crippen molar-refractivity contribution in [3.63, 3.8) is 0 Å². The van der Waals surface area contributed by atoms with E-state index in [9.17, 15) is 14.7 Å². The van der Waals surface area contributed by atoms with Crippen LogP contribution >= 0.6 is 11.6 Å². The zero-order valence-corrected chi connectivity index (χ0v) is 22.6. The average molecular weight is 545 g/mol. The summed E-state index contributed by atoms with van der Waals surface area (Å²) in [5, 5.41) is 19.7. The first-order valence-corrected chi connectivity index (χ1v) is 13.5. The second kappa shape index (κ2) is 9.73. The van der Waals surface area contributed by atoms with E-state index in [4.69, 9.17) is 16.6 Å². The molecule has 200 valence electrons. The Hall–Kier alpha value is -3.82. The van der Waals surface area contributed by atoms with Crippen molar-refractivity contribution in [2.75, 3.05) is 26.2 Å². The number of hydrogen-bond acceptors (Lipinski definition) is 6. The number of carbonyl (C=O) groups excluding carboxylic acids is 2. The van der Waals surface area contributed by atoms with Gasteiger partial charge in [0.05, 0.1) is 34.1 Å². The van der Waals surface area contributed by atoms with Gasteiger partial charge in [-0.2, -0.15) is 0 Å². The van der Waals surface area contributed by atoms with Crippen LogP contribution in [0, 0.1) is 0 Å². The van der Waals surface area contributed by atoms with Crippen LogP contribution in [0.25, 0.3) is 22.2 Å². The van der Waals surface area contributed by atoms with E-state index in [1.165, 1.54) is 0 Å². The second-order valence-corrected chi connectivity index (χ2v) is 11.2. The maximum absolute atomic E-state index is 13.4. The third-order valence-corrected chi connectivity index (χ3v) is 7.71. The summed E-state index contributed by atoms with van der Waals surface area (Å²) in [4.78, 5) is 34.5. The Morgan fingerprint density at radius 2 is 1.62 bits per heavy atom. The van der Waals surface area contributed by atoms with Crippen molar-refractivity contribution in [1.29, 1.82) is 0 Å². The normalized spacial score (nSPS) is 16.1. The van der Waals surface area contributed by atoms with Crippen LogP contribution in [0.15, 0.2) is 54.7 Å². The molecule has 0 spiro atoms. The highest BCUT2D eigenvalue weighted by Crippen LogP contribution is 2.34. The molecule has 1 N–H and O–H groups in total. The smallest absolute Gasteiger partial charge is 0.276 e. The van der Waals surface area contributed by atoms with E-state index in [0.717, 1.165) is 29.4 Å². The zero-order chi connectivity index (χ0) is 27.3. The molecule has 4 aromatic rings. The predicted molar refractivity (Wildman–Crippen MR) is 148 cm³/mol. The maximum atomic E-state index is 13.4. The number of pyridine rings is 1. The number of fused-ring (bicyclic) bond motifs is 1. The van der Waals surface area contributed by atoms with Gasteiger partial charge < -0.3 is 14.9 Å². The number of halogens is 1. The molecule has 9 nitrogen and oxygen atoms in total. The van der Waals surface area contributed by atoms with E-state index >= 15 is 0 Å². The molecule has 1 aliphatic carbocycles. The van der Waals surface area contributed by atoms with Crippen molar-refractivity contribution in [1.82, 2.24) is 29.8 Å². The van der Waals surface area contributed by atoms with Crippen LogP contribution in [0.1, 0.15) is 59.1 Å². The largest absolute Gasteiger partial charge is 0.386 e. The van der Waals surface area contributed by atoms with Crippen molar-refractivity contribution in [3.8, 4) is 11.3 Å². The van der Waals surface area contributed by atoms with Gasteiger partial charge in [0.1, 0.15) is 0 Å². The number of aromatic nitrogens is 4. The molecule has 2 amide bonds. The molecule has 0 radical (unpaired) electrons. The fourth-order valence-corrected chi connectivity index (χ4v) is 5.13. The molecule has 2 fully saturated rings. The van der Waals surface area contributed by atoms with Gasteiger partial charge in [-0.25, -0.2) is 9.67 Å². The summed E-state index contributed by atoms with van der Waals surface area (Å²) in [6, 6.07) is 15.1. The fourth-order valence-electron chi connectivity index (χ4n) is 4.87.